The molecule has 2 aromatic carbocycles. The highest BCUT2D eigenvalue weighted by atomic mass is 32.1. The zero-order valence-corrected chi connectivity index (χ0v) is 17.9. The number of rotatable bonds is 8. The van der Waals surface area contributed by atoms with Crippen molar-refractivity contribution in [2.45, 2.75) is 6.54 Å². The molecule has 0 unspecified atom stereocenters. The third-order valence-corrected chi connectivity index (χ3v) is 5.28. The van der Waals surface area contributed by atoms with Gasteiger partial charge in [0.25, 0.3) is 0 Å². The van der Waals surface area contributed by atoms with Crippen LogP contribution in [0.3, 0.4) is 0 Å². The largest absolute Gasteiger partial charge is 0.493 e. The van der Waals surface area contributed by atoms with E-state index in [1.165, 1.54) is 0 Å². The normalized spacial score (nSPS) is 14.3. The Bertz CT molecular complexity index is 782. The van der Waals surface area contributed by atoms with Crippen molar-refractivity contribution in [1.82, 2.24) is 9.80 Å². The number of para-hydroxylation sites is 1. The number of hydrogen-bond acceptors (Lipinski definition) is 5. The molecule has 7 heteroatoms. The number of thiocarbonyl (C=S) groups is 1. The van der Waals surface area contributed by atoms with Gasteiger partial charge in [-0.2, -0.15) is 0 Å². The Morgan fingerprint density at radius 3 is 2.48 bits per heavy atom. The lowest BCUT2D eigenvalue weighted by atomic mass is 10.2. The summed E-state index contributed by atoms with van der Waals surface area (Å²) in [6.45, 7) is 5.96. The molecule has 6 nitrogen and oxygen atoms in total. The van der Waals surface area contributed by atoms with Crippen LogP contribution in [-0.2, 0) is 11.3 Å². The van der Waals surface area contributed by atoms with E-state index in [9.17, 15) is 0 Å². The van der Waals surface area contributed by atoms with E-state index in [1.807, 2.05) is 48.5 Å². The van der Waals surface area contributed by atoms with Crippen molar-refractivity contribution < 1.29 is 14.2 Å². The molecule has 0 saturated carbocycles. The quantitative estimate of drug-likeness (QED) is 0.664. The Labute approximate surface area is 178 Å². The molecule has 0 radical (unpaired) electrons. The molecule has 29 heavy (non-hydrogen) atoms. The van der Waals surface area contributed by atoms with E-state index in [1.54, 1.807) is 14.2 Å². The first-order valence-corrected chi connectivity index (χ1v) is 10.2. The summed E-state index contributed by atoms with van der Waals surface area (Å²) in [4.78, 5) is 4.61. The van der Waals surface area contributed by atoms with E-state index in [-0.39, 0.29) is 0 Å². The maximum absolute atomic E-state index is 5.75. The van der Waals surface area contributed by atoms with Crippen LogP contribution >= 0.6 is 12.2 Å². The first-order valence-electron chi connectivity index (χ1n) is 9.81. The maximum atomic E-state index is 5.75. The first kappa shape index (κ1) is 21.4. The number of ether oxygens (including phenoxy) is 3. The molecule has 0 atom stereocenters. The fourth-order valence-corrected chi connectivity index (χ4v) is 3.54. The van der Waals surface area contributed by atoms with Crippen molar-refractivity contribution in [3.63, 3.8) is 0 Å². The van der Waals surface area contributed by atoms with Gasteiger partial charge < -0.3 is 24.4 Å². The van der Waals surface area contributed by atoms with E-state index in [0.29, 0.717) is 11.7 Å². The third-order valence-electron chi connectivity index (χ3n) is 4.92. The Morgan fingerprint density at radius 1 is 1.07 bits per heavy atom. The van der Waals surface area contributed by atoms with Gasteiger partial charge in [-0.15, -0.1) is 0 Å². The lowest BCUT2D eigenvalue weighted by molar-refractivity contribution is 0.0358. The van der Waals surface area contributed by atoms with E-state index in [2.05, 4.69) is 15.1 Å². The molecule has 156 valence electrons. The highest BCUT2D eigenvalue weighted by molar-refractivity contribution is 7.80. The van der Waals surface area contributed by atoms with E-state index in [0.717, 1.165) is 62.1 Å². The SMILES string of the molecule is COc1ccc(CN(CCN2CCOCC2)C(=S)Nc2ccccc2)cc1OC. The summed E-state index contributed by atoms with van der Waals surface area (Å²) in [6, 6.07) is 16.0. The summed E-state index contributed by atoms with van der Waals surface area (Å²) < 4.78 is 16.3. The highest BCUT2D eigenvalue weighted by Crippen LogP contribution is 2.28. The van der Waals surface area contributed by atoms with Crippen LogP contribution in [0.2, 0.25) is 0 Å². The minimum Gasteiger partial charge on any atom is -0.493 e. The molecule has 3 rings (SSSR count). The zero-order valence-electron chi connectivity index (χ0n) is 17.1. The molecule has 1 heterocycles. The summed E-state index contributed by atoms with van der Waals surface area (Å²) in [5, 5.41) is 4.07. The second-order valence-corrected chi connectivity index (χ2v) is 7.25. The summed E-state index contributed by atoms with van der Waals surface area (Å²) in [5.41, 5.74) is 2.10. The van der Waals surface area contributed by atoms with Crippen molar-refractivity contribution in [3.05, 3.63) is 54.1 Å². The van der Waals surface area contributed by atoms with Crippen molar-refractivity contribution in [2.75, 3.05) is 58.9 Å². The average Bonchev–Trinajstić information content (AvgIpc) is 2.77. The van der Waals surface area contributed by atoms with Crippen LogP contribution in [0.25, 0.3) is 0 Å². The van der Waals surface area contributed by atoms with Crippen LogP contribution in [0.5, 0.6) is 11.5 Å². The maximum Gasteiger partial charge on any atom is 0.173 e. The Balaban J connectivity index is 1.71. The second kappa shape index (κ2) is 11.0. The van der Waals surface area contributed by atoms with Crippen LogP contribution in [0, 0.1) is 0 Å². The van der Waals surface area contributed by atoms with Crippen LogP contribution in [0.15, 0.2) is 48.5 Å². The average molecular weight is 416 g/mol. The fourth-order valence-electron chi connectivity index (χ4n) is 3.26. The molecule has 0 aliphatic carbocycles. The molecule has 1 saturated heterocycles. The number of benzene rings is 2. The van der Waals surface area contributed by atoms with Gasteiger partial charge in [-0.25, -0.2) is 0 Å². The first-order chi connectivity index (χ1) is 14.2. The molecule has 1 fully saturated rings. The molecule has 1 aliphatic rings. The van der Waals surface area contributed by atoms with Gasteiger partial charge in [-0.1, -0.05) is 24.3 Å². The fraction of sp³-hybridized carbons (Fsp3) is 0.409. The minimum atomic E-state index is 0.684. The number of methoxy groups -OCH3 is 2. The number of nitrogens with zero attached hydrogens (tertiary/aromatic N) is 2. The van der Waals surface area contributed by atoms with Gasteiger partial charge in [0.1, 0.15) is 0 Å². The van der Waals surface area contributed by atoms with Gasteiger partial charge in [-0.05, 0) is 42.0 Å². The van der Waals surface area contributed by atoms with Crippen molar-refractivity contribution in [2.24, 2.45) is 0 Å². The molecule has 0 aromatic heterocycles. The van der Waals surface area contributed by atoms with E-state index in [4.69, 9.17) is 26.4 Å². The summed E-state index contributed by atoms with van der Waals surface area (Å²) in [5.74, 6) is 1.45. The second-order valence-electron chi connectivity index (χ2n) is 6.86. The van der Waals surface area contributed by atoms with Crippen LogP contribution in [-0.4, -0.2) is 68.5 Å². The summed E-state index contributed by atoms with van der Waals surface area (Å²) >= 11 is 5.75. The zero-order chi connectivity index (χ0) is 20.5. The van der Waals surface area contributed by atoms with Crippen LogP contribution < -0.4 is 14.8 Å². The molecule has 1 aliphatic heterocycles. The Morgan fingerprint density at radius 2 is 1.79 bits per heavy atom. The number of morpholine rings is 1. The molecular weight excluding hydrogens is 386 g/mol. The van der Waals surface area contributed by atoms with Gasteiger partial charge in [0.15, 0.2) is 16.6 Å². The summed E-state index contributed by atoms with van der Waals surface area (Å²) in [6.07, 6.45) is 0. The van der Waals surface area contributed by atoms with Crippen molar-refractivity contribution in [1.29, 1.82) is 0 Å². The highest BCUT2D eigenvalue weighted by Gasteiger charge is 2.16. The van der Waals surface area contributed by atoms with Crippen molar-refractivity contribution in [3.8, 4) is 11.5 Å². The van der Waals surface area contributed by atoms with Crippen molar-refractivity contribution >= 4 is 23.0 Å². The number of hydrogen-bond donors (Lipinski definition) is 1. The lowest BCUT2D eigenvalue weighted by Crippen LogP contribution is -2.43. The predicted octanol–water partition coefficient (Wildman–Crippen LogP) is 3.24. The van der Waals surface area contributed by atoms with Crippen LogP contribution in [0.1, 0.15) is 5.56 Å². The molecule has 1 N–H and O–H groups in total. The monoisotopic (exact) mass is 415 g/mol. The number of nitrogens with one attached hydrogen (secondary N) is 1. The molecule has 0 spiro atoms. The van der Waals surface area contributed by atoms with Gasteiger partial charge in [-0.3, -0.25) is 4.90 Å². The minimum absolute atomic E-state index is 0.684. The lowest BCUT2D eigenvalue weighted by Gasteiger charge is -2.31. The molecule has 0 amide bonds. The standard InChI is InChI=1S/C22H29N3O3S/c1-26-20-9-8-18(16-21(20)27-2)17-25(11-10-24-12-14-28-15-13-24)22(29)23-19-6-4-3-5-7-19/h3-9,16H,10-15,17H2,1-2H3,(H,23,29). The molecule has 2 aromatic rings. The Hall–Kier alpha value is -2.35. The van der Waals surface area contributed by atoms with Gasteiger partial charge in [0.05, 0.1) is 27.4 Å². The molecular formula is C22H29N3O3S. The Kier molecular flexibility index (Phi) is 8.10. The third kappa shape index (κ3) is 6.32. The topological polar surface area (TPSA) is 46.2 Å². The van der Waals surface area contributed by atoms with Crippen LogP contribution in [0.4, 0.5) is 5.69 Å². The summed E-state index contributed by atoms with van der Waals surface area (Å²) in [7, 11) is 3.30. The van der Waals surface area contributed by atoms with Gasteiger partial charge >= 0.3 is 0 Å². The van der Waals surface area contributed by atoms with E-state index < -0.39 is 0 Å². The van der Waals surface area contributed by atoms with Gasteiger partial charge in [0.2, 0.25) is 0 Å². The molecule has 0 bridgehead atoms. The number of anilines is 1. The smallest absolute Gasteiger partial charge is 0.173 e. The predicted molar refractivity (Wildman–Crippen MR) is 120 cm³/mol. The van der Waals surface area contributed by atoms with Gasteiger partial charge in [0, 0.05) is 38.4 Å². The van der Waals surface area contributed by atoms with E-state index >= 15 is 0 Å².